The molecule has 0 saturated carbocycles. The molecule has 0 unspecified atom stereocenters. The Morgan fingerprint density at radius 2 is 1.92 bits per heavy atom. The van der Waals surface area contributed by atoms with Crippen molar-refractivity contribution >= 4 is 28.6 Å². The van der Waals surface area contributed by atoms with Crippen molar-refractivity contribution in [2.45, 2.75) is 25.7 Å². The predicted octanol–water partition coefficient (Wildman–Crippen LogP) is 2.26. The summed E-state index contributed by atoms with van der Waals surface area (Å²) in [5.41, 5.74) is 5.97. The van der Waals surface area contributed by atoms with Crippen molar-refractivity contribution in [1.82, 2.24) is 4.98 Å². The van der Waals surface area contributed by atoms with Gasteiger partial charge in [-0.1, -0.05) is 18.2 Å². The number of carbonyl (C=O) groups excluding carboxylic acids is 2. The summed E-state index contributed by atoms with van der Waals surface area (Å²) in [6.07, 6.45) is 3.18. The first-order chi connectivity index (χ1) is 12.1. The monoisotopic (exact) mass is 341 g/mol. The topological polar surface area (TPSA) is 85.5 Å². The summed E-state index contributed by atoms with van der Waals surface area (Å²) in [6, 6.07) is 12.3. The molecule has 0 aliphatic carbocycles. The number of hydrogen-bond donors (Lipinski definition) is 1. The number of anilines is 1. The van der Waals surface area contributed by atoms with Crippen molar-refractivity contribution in [3.05, 3.63) is 36.4 Å². The van der Waals surface area contributed by atoms with Gasteiger partial charge < -0.3 is 15.4 Å². The minimum absolute atomic E-state index is 0.328. The van der Waals surface area contributed by atoms with Crippen LogP contribution in [0, 0.1) is 5.92 Å². The molecule has 25 heavy (non-hydrogen) atoms. The average Bonchev–Trinajstić information content (AvgIpc) is 2.64. The van der Waals surface area contributed by atoms with E-state index in [9.17, 15) is 9.59 Å². The molecule has 132 valence electrons. The molecular formula is C19H23N3O3. The standard InChI is InChI=1S/C19H23N3O3/c20-17(23)13-25-19(24)8-5-14-9-11-22(12-10-14)18-7-6-15-3-1-2-4-16(15)21-18/h1-4,6-7,14H,5,8-13H2,(H2,20,23). The highest BCUT2D eigenvalue weighted by Gasteiger charge is 2.21. The molecule has 2 N–H and O–H groups in total. The fraction of sp³-hybridized carbons (Fsp3) is 0.421. The number of benzene rings is 1. The number of pyridine rings is 1. The Bertz CT molecular complexity index is 754. The predicted molar refractivity (Wildman–Crippen MR) is 96.1 cm³/mol. The molecule has 0 bridgehead atoms. The van der Waals surface area contributed by atoms with Crippen LogP contribution in [0.15, 0.2) is 36.4 Å². The number of hydrogen-bond acceptors (Lipinski definition) is 5. The van der Waals surface area contributed by atoms with Gasteiger partial charge >= 0.3 is 5.97 Å². The van der Waals surface area contributed by atoms with Gasteiger partial charge in [-0.2, -0.15) is 0 Å². The number of primary amides is 1. The summed E-state index contributed by atoms with van der Waals surface area (Å²) >= 11 is 0. The number of nitrogens with zero attached hydrogens (tertiary/aromatic N) is 2. The van der Waals surface area contributed by atoms with Crippen LogP contribution in [0.4, 0.5) is 5.82 Å². The molecule has 6 nitrogen and oxygen atoms in total. The Labute approximate surface area is 147 Å². The van der Waals surface area contributed by atoms with Crippen LogP contribution in [0.1, 0.15) is 25.7 Å². The Morgan fingerprint density at radius 3 is 2.68 bits per heavy atom. The quantitative estimate of drug-likeness (QED) is 0.815. The first-order valence-corrected chi connectivity index (χ1v) is 8.66. The van der Waals surface area contributed by atoms with E-state index in [1.54, 1.807) is 0 Å². The molecule has 2 heterocycles. The normalized spacial score (nSPS) is 15.3. The molecular weight excluding hydrogens is 318 g/mol. The summed E-state index contributed by atoms with van der Waals surface area (Å²) in [5.74, 6) is 0.540. The molecule has 1 saturated heterocycles. The fourth-order valence-corrected chi connectivity index (χ4v) is 3.23. The molecule has 2 aromatic rings. The molecule has 1 fully saturated rings. The van der Waals surface area contributed by atoms with Crippen LogP contribution in [-0.4, -0.2) is 36.6 Å². The number of amides is 1. The zero-order valence-electron chi connectivity index (χ0n) is 14.2. The van der Waals surface area contributed by atoms with E-state index >= 15 is 0 Å². The average molecular weight is 341 g/mol. The third kappa shape index (κ3) is 4.68. The first-order valence-electron chi connectivity index (χ1n) is 8.66. The SMILES string of the molecule is NC(=O)COC(=O)CCC1CCN(c2ccc3ccccc3n2)CC1. The van der Waals surface area contributed by atoms with Crippen molar-refractivity contribution in [1.29, 1.82) is 0 Å². The van der Waals surface area contributed by atoms with Crippen LogP contribution >= 0.6 is 0 Å². The highest BCUT2D eigenvalue weighted by atomic mass is 16.5. The Kier molecular flexibility index (Phi) is 5.48. The summed E-state index contributed by atoms with van der Waals surface area (Å²) in [4.78, 5) is 29.2. The largest absolute Gasteiger partial charge is 0.456 e. The van der Waals surface area contributed by atoms with E-state index in [-0.39, 0.29) is 12.6 Å². The molecule has 6 heteroatoms. The zero-order chi connectivity index (χ0) is 17.6. The van der Waals surface area contributed by atoms with Crippen LogP contribution in [0.2, 0.25) is 0 Å². The number of carbonyl (C=O) groups is 2. The van der Waals surface area contributed by atoms with Crippen molar-refractivity contribution in [3.63, 3.8) is 0 Å². The summed E-state index contributed by atoms with van der Waals surface area (Å²) in [7, 11) is 0. The van der Waals surface area contributed by atoms with Crippen molar-refractivity contribution in [3.8, 4) is 0 Å². The summed E-state index contributed by atoms with van der Waals surface area (Å²) in [5, 5.41) is 1.15. The Morgan fingerprint density at radius 1 is 1.16 bits per heavy atom. The molecule has 1 aliphatic rings. The number of ether oxygens (including phenoxy) is 1. The van der Waals surface area contributed by atoms with Gasteiger partial charge in [0, 0.05) is 24.9 Å². The smallest absolute Gasteiger partial charge is 0.306 e. The van der Waals surface area contributed by atoms with E-state index in [0.717, 1.165) is 49.1 Å². The number of nitrogens with two attached hydrogens (primary N) is 1. The Balaban J connectivity index is 1.48. The maximum absolute atomic E-state index is 11.6. The molecule has 1 aromatic carbocycles. The minimum atomic E-state index is -0.621. The molecule has 0 spiro atoms. The second-order valence-corrected chi connectivity index (χ2v) is 6.46. The summed E-state index contributed by atoms with van der Waals surface area (Å²) < 4.78 is 4.79. The van der Waals surface area contributed by atoms with E-state index in [4.69, 9.17) is 15.5 Å². The lowest BCUT2D eigenvalue weighted by Crippen LogP contribution is -2.34. The number of fused-ring (bicyclic) bond motifs is 1. The van der Waals surface area contributed by atoms with Crippen molar-refractivity contribution in [2.24, 2.45) is 11.7 Å². The third-order valence-electron chi connectivity index (χ3n) is 4.65. The highest BCUT2D eigenvalue weighted by molar-refractivity contribution is 5.80. The zero-order valence-corrected chi connectivity index (χ0v) is 14.2. The van der Waals surface area contributed by atoms with Gasteiger partial charge in [0.05, 0.1) is 5.52 Å². The minimum Gasteiger partial charge on any atom is -0.456 e. The van der Waals surface area contributed by atoms with Crippen LogP contribution < -0.4 is 10.6 Å². The van der Waals surface area contributed by atoms with E-state index in [0.29, 0.717) is 12.3 Å². The van der Waals surface area contributed by atoms with Crippen LogP contribution in [0.3, 0.4) is 0 Å². The van der Waals surface area contributed by atoms with Gasteiger partial charge in [0.2, 0.25) is 0 Å². The number of aromatic nitrogens is 1. The van der Waals surface area contributed by atoms with Crippen molar-refractivity contribution < 1.29 is 14.3 Å². The van der Waals surface area contributed by atoms with E-state index in [1.807, 2.05) is 18.2 Å². The number of esters is 1. The summed E-state index contributed by atoms with van der Waals surface area (Å²) in [6.45, 7) is 1.55. The highest BCUT2D eigenvalue weighted by Crippen LogP contribution is 2.26. The van der Waals surface area contributed by atoms with Gasteiger partial charge in [-0.05, 0) is 43.4 Å². The number of para-hydroxylation sites is 1. The maximum Gasteiger partial charge on any atom is 0.306 e. The number of rotatable bonds is 6. The van der Waals surface area contributed by atoms with Crippen LogP contribution in [0.5, 0.6) is 0 Å². The second kappa shape index (κ2) is 7.96. The third-order valence-corrected chi connectivity index (χ3v) is 4.65. The van der Waals surface area contributed by atoms with Gasteiger partial charge in [0.25, 0.3) is 5.91 Å². The lowest BCUT2D eigenvalue weighted by Gasteiger charge is -2.32. The van der Waals surface area contributed by atoms with E-state index < -0.39 is 5.91 Å². The molecule has 0 radical (unpaired) electrons. The first kappa shape index (κ1) is 17.2. The van der Waals surface area contributed by atoms with Gasteiger partial charge in [0.1, 0.15) is 5.82 Å². The number of piperidine rings is 1. The molecule has 1 aliphatic heterocycles. The molecule has 1 aromatic heterocycles. The lowest BCUT2D eigenvalue weighted by molar-refractivity contribution is -0.148. The lowest BCUT2D eigenvalue weighted by atomic mass is 9.92. The van der Waals surface area contributed by atoms with Crippen molar-refractivity contribution in [2.75, 3.05) is 24.6 Å². The van der Waals surface area contributed by atoms with Gasteiger partial charge in [-0.25, -0.2) is 4.98 Å². The maximum atomic E-state index is 11.6. The van der Waals surface area contributed by atoms with Gasteiger partial charge in [-0.3, -0.25) is 9.59 Å². The van der Waals surface area contributed by atoms with Gasteiger partial charge in [0.15, 0.2) is 6.61 Å². The molecule has 1 amide bonds. The fourth-order valence-electron chi connectivity index (χ4n) is 3.23. The molecule has 3 rings (SSSR count). The Hall–Kier alpha value is -2.63. The molecule has 0 atom stereocenters. The van der Waals surface area contributed by atoms with E-state index in [1.165, 1.54) is 0 Å². The van der Waals surface area contributed by atoms with E-state index in [2.05, 4.69) is 23.1 Å². The van der Waals surface area contributed by atoms with Gasteiger partial charge in [-0.15, -0.1) is 0 Å². The van der Waals surface area contributed by atoms with Crippen LogP contribution in [0.25, 0.3) is 10.9 Å². The van der Waals surface area contributed by atoms with Crippen LogP contribution in [-0.2, 0) is 14.3 Å². The second-order valence-electron chi connectivity index (χ2n) is 6.46.